The summed E-state index contributed by atoms with van der Waals surface area (Å²) in [5.41, 5.74) is 5.89. The Hall–Kier alpha value is -3.41. The second kappa shape index (κ2) is 7.86. The van der Waals surface area contributed by atoms with Crippen LogP contribution in [0.3, 0.4) is 0 Å². The first-order chi connectivity index (χ1) is 13.0. The average Bonchev–Trinajstić information content (AvgIpc) is 2.68. The fourth-order valence-electron chi connectivity index (χ4n) is 3.14. The molecule has 0 aliphatic rings. The van der Waals surface area contributed by atoms with Crippen LogP contribution in [-0.2, 0) is 14.3 Å². The van der Waals surface area contributed by atoms with Gasteiger partial charge in [-0.1, -0.05) is 48.5 Å². The van der Waals surface area contributed by atoms with Crippen LogP contribution in [-0.4, -0.2) is 30.9 Å². The predicted octanol–water partition coefficient (Wildman–Crippen LogP) is 2.53. The number of carbonyl (C=O) groups is 3. The van der Waals surface area contributed by atoms with Gasteiger partial charge in [0, 0.05) is 6.42 Å². The molecular weight excluding hydrogens is 344 g/mol. The Bertz CT molecular complexity index is 975. The van der Waals surface area contributed by atoms with Crippen molar-refractivity contribution in [3.8, 4) is 0 Å². The molecule has 0 spiro atoms. The maximum Gasteiger partial charge on any atom is 0.305 e. The number of carbonyl (C=O) groups excluding carboxylic acids is 3. The lowest BCUT2D eigenvalue weighted by Gasteiger charge is -2.17. The number of amides is 2. The quantitative estimate of drug-likeness (QED) is 0.519. The molecule has 1 atom stereocenters. The highest BCUT2D eigenvalue weighted by Gasteiger charge is 2.22. The molecule has 2 amide bonds. The number of hydrogen-bond donors (Lipinski definition) is 2. The van der Waals surface area contributed by atoms with Crippen LogP contribution in [0.1, 0.15) is 23.2 Å². The lowest BCUT2D eigenvalue weighted by Crippen LogP contribution is -2.44. The molecule has 0 fully saturated rings. The van der Waals surface area contributed by atoms with Crippen LogP contribution < -0.4 is 11.1 Å². The summed E-state index contributed by atoms with van der Waals surface area (Å²) in [4.78, 5) is 36.2. The third-order valence-corrected chi connectivity index (χ3v) is 4.51. The van der Waals surface area contributed by atoms with Crippen molar-refractivity contribution in [3.05, 3.63) is 60.2 Å². The number of hydrogen-bond acceptors (Lipinski definition) is 4. The van der Waals surface area contributed by atoms with Crippen molar-refractivity contribution in [1.82, 2.24) is 5.32 Å². The number of ether oxygens (including phenoxy) is 1. The summed E-state index contributed by atoms with van der Waals surface area (Å²) in [5, 5.41) is 6.09. The molecule has 0 aliphatic heterocycles. The highest BCUT2D eigenvalue weighted by molar-refractivity contribution is 6.18. The number of nitrogens with one attached hydrogen (secondary N) is 1. The van der Waals surface area contributed by atoms with Gasteiger partial charge in [0.15, 0.2) is 0 Å². The van der Waals surface area contributed by atoms with Gasteiger partial charge in [0.1, 0.15) is 6.04 Å². The number of nitrogens with two attached hydrogens (primary N) is 1. The Kier molecular flexibility index (Phi) is 5.35. The largest absolute Gasteiger partial charge is 0.469 e. The van der Waals surface area contributed by atoms with Crippen LogP contribution in [0.15, 0.2) is 54.6 Å². The van der Waals surface area contributed by atoms with Crippen molar-refractivity contribution < 1.29 is 19.1 Å². The molecule has 0 unspecified atom stereocenters. The van der Waals surface area contributed by atoms with Crippen molar-refractivity contribution in [2.45, 2.75) is 18.9 Å². The molecule has 0 aliphatic carbocycles. The SMILES string of the molecule is COC(=O)CC[C@H](NC(=O)c1c2ccccc2cc2ccccc12)C(N)=O. The normalized spacial score (nSPS) is 11.9. The Morgan fingerprint density at radius 1 is 1.00 bits per heavy atom. The molecule has 138 valence electrons. The zero-order valence-electron chi connectivity index (χ0n) is 14.9. The molecule has 0 aromatic heterocycles. The minimum absolute atomic E-state index is 0.0132. The molecule has 0 saturated carbocycles. The molecule has 3 N–H and O–H groups in total. The van der Waals surface area contributed by atoms with E-state index in [1.54, 1.807) is 0 Å². The van der Waals surface area contributed by atoms with E-state index in [-0.39, 0.29) is 12.8 Å². The summed E-state index contributed by atoms with van der Waals surface area (Å²) in [7, 11) is 1.27. The van der Waals surface area contributed by atoms with Crippen LogP contribution >= 0.6 is 0 Å². The number of rotatable bonds is 6. The summed E-state index contributed by atoms with van der Waals surface area (Å²) in [6.45, 7) is 0. The summed E-state index contributed by atoms with van der Waals surface area (Å²) in [6, 6.07) is 16.2. The molecule has 3 aromatic rings. The average molecular weight is 364 g/mol. The van der Waals surface area contributed by atoms with Gasteiger partial charge in [-0.05, 0) is 34.0 Å². The molecular formula is C21H20N2O4. The van der Waals surface area contributed by atoms with E-state index in [0.29, 0.717) is 5.56 Å². The molecule has 3 rings (SSSR count). The lowest BCUT2D eigenvalue weighted by molar-refractivity contribution is -0.140. The summed E-state index contributed by atoms with van der Waals surface area (Å²) in [6.07, 6.45) is 0.0666. The molecule has 27 heavy (non-hydrogen) atoms. The van der Waals surface area contributed by atoms with E-state index < -0.39 is 23.8 Å². The van der Waals surface area contributed by atoms with Crippen LogP contribution in [0, 0.1) is 0 Å². The van der Waals surface area contributed by atoms with E-state index in [2.05, 4.69) is 10.1 Å². The second-order valence-electron chi connectivity index (χ2n) is 6.24. The molecule has 6 nitrogen and oxygen atoms in total. The minimum atomic E-state index is -0.964. The van der Waals surface area contributed by atoms with E-state index in [0.717, 1.165) is 21.5 Å². The Morgan fingerprint density at radius 2 is 1.56 bits per heavy atom. The molecule has 3 aromatic carbocycles. The zero-order chi connectivity index (χ0) is 19.4. The maximum absolute atomic E-state index is 13.1. The van der Waals surface area contributed by atoms with E-state index in [4.69, 9.17) is 5.73 Å². The monoisotopic (exact) mass is 364 g/mol. The highest BCUT2D eigenvalue weighted by atomic mass is 16.5. The topological polar surface area (TPSA) is 98.5 Å². The summed E-state index contributed by atoms with van der Waals surface area (Å²) in [5.74, 6) is -1.57. The van der Waals surface area contributed by atoms with Crippen LogP contribution in [0.4, 0.5) is 0 Å². The first-order valence-corrected chi connectivity index (χ1v) is 8.58. The minimum Gasteiger partial charge on any atom is -0.469 e. The number of primary amides is 1. The van der Waals surface area contributed by atoms with Crippen molar-refractivity contribution in [2.75, 3.05) is 7.11 Å². The van der Waals surface area contributed by atoms with Gasteiger partial charge in [-0.15, -0.1) is 0 Å². The Morgan fingerprint density at radius 3 is 2.07 bits per heavy atom. The van der Waals surface area contributed by atoms with Crippen molar-refractivity contribution in [2.24, 2.45) is 5.73 Å². The first kappa shape index (κ1) is 18.4. The molecule has 6 heteroatoms. The highest BCUT2D eigenvalue weighted by Crippen LogP contribution is 2.28. The Balaban J connectivity index is 2.00. The fourth-order valence-corrected chi connectivity index (χ4v) is 3.14. The van der Waals surface area contributed by atoms with Crippen LogP contribution in [0.25, 0.3) is 21.5 Å². The third kappa shape index (κ3) is 3.89. The number of fused-ring (bicyclic) bond motifs is 2. The van der Waals surface area contributed by atoms with Crippen molar-refractivity contribution in [1.29, 1.82) is 0 Å². The zero-order valence-corrected chi connectivity index (χ0v) is 14.9. The van der Waals surface area contributed by atoms with E-state index >= 15 is 0 Å². The predicted molar refractivity (Wildman–Crippen MR) is 103 cm³/mol. The van der Waals surface area contributed by atoms with Gasteiger partial charge < -0.3 is 15.8 Å². The van der Waals surface area contributed by atoms with Crippen LogP contribution in [0.2, 0.25) is 0 Å². The van der Waals surface area contributed by atoms with Gasteiger partial charge in [0.05, 0.1) is 12.7 Å². The van der Waals surface area contributed by atoms with E-state index in [1.807, 2.05) is 54.6 Å². The lowest BCUT2D eigenvalue weighted by atomic mass is 9.96. The molecule has 0 radical (unpaired) electrons. The number of methoxy groups -OCH3 is 1. The summed E-state index contributed by atoms with van der Waals surface area (Å²) < 4.78 is 4.58. The van der Waals surface area contributed by atoms with E-state index in [9.17, 15) is 14.4 Å². The van der Waals surface area contributed by atoms with Gasteiger partial charge in [-0.3, -0.25) is 14.4 Å². The van der Waals surface area contributed by atoms with Crippen molar-refractivity contribution in [3.63, 3.8) is 0 Å². The molecule has 0 heterocycles. The standard InChI is InChI=1S/C21H20N2O4/c1-27-18(24)11-10-17(20(22)25)23-21(26)19-15-8-4-2-6-13(15)12-14-7-3-5-9-16(14)19/h2-9,12,17H,10-11H2,1H3,(H2,22,25)(H,23,26)/t17-/m0/s1. The molecule has 0 saturated heterocycles. The van der Waals surface area contributed by atoms with Gasteiger partial charge >= 0.3 is 5.97 Å². The van der Waals surface area contributed by atoms with Gasteiger partial charge in [-0.2, -0.15) is 0 Å². The maximum atomic E-state index is 13.1. The first-order valence-electron chi connectivity index (χ1n) is 8.58. The fraction of sp³-hybridized carbons (Fsp3) is 0.190. The third-order valence-electron chi connectivity index (χ3n) is 4.51. The summed E-state index contributed by atoms with van der Waals surface area (Å²) >= 11 is 0. The van der Waals surface area contributed by atoms with Crippen molar-refractivity contribution >= 4 is 39.3 Å². The number of esters is 1. The van der Waals surface area contributed by atoms with Gasteiger partial charge in [0.2, 0.25) is 5.91 Å². The van der Waals surface area contributed by atoms with E-state index in [1.165, 1.54) is 7.11 Å². The molecule has 0 bridgehead atoms. The smallest absolute Gasteiger partial charge is 0.305 e. The van der Waals surface area contributed by atoms with Gasteiger partial charge in [-0.25, -0.2) is 0 Å². The number of benzene rings is 3. The van der Waals surface area contributed by atoms with Crippen LogP contribution in [0.5, 0.6) is 0 Å². The second-order valence-corrected chi connectivity index (χ2v) is 6.24. The Labute approximate surface area is 156 Å². The van der Waals surface area contributed by atoms with Gasteiger partial charge in [0.25, 0.3) is 5.91 Å².